The molecule has 1 saturated heterocycles. The van der Waals surface area contributed by atoms with Gasteiger partial charge in [-0.3, -0.25) is 0 Å². The number of piperidine rings is 1. The fourth-order valence-electron chi connectivity index (χ4n) is 2.77. The van der Waals surface area contributed by atoms with E-state index >= 15 is 0 Å². The molecule has 2 aromatic rings. The molecule has 2 amide bonds. The highest BCUT2D eigenvalue weighted by Gasteiger charge is 2.25. The third-order valence-electron chi connectivity index (χ3n) is 4.10. The molecule has 0 saturated carbocycles. The summed E-state index contributed by atoms with van der Waals surface area (Å²) in [6.07, 6.45) is 3.11. The Labute approximate surface area is 151 Å². The fraction of sp³-hybridized carbons (Fsp3) is 0.389. The Balaban J connectivity index is 1.52. The first-order valence-electron chi connectivity index (χ1n) is 8.45. The summed E-state index contributed by atoms with van der Waals surface area (Å²) in [6.45, 7) is 1.49. The third-order valence-corrected chi connectivity index (χ3v) is 4.10. The number of ether oxygens (including phenoxy) is 2. The molecule has 0 aliphatic carbocycles. The lowest BCUT2D eigenvalue weighted by Gasteiger charge is -2.32. The Morgan fingerprint density at radius 1 is 1.35 bits per heavy atom. The lowest BCUT2D eigenvalue weighted by Crippen LogP contribution is -2.48. The normalized spacial score (nSPS) is 16.8. The number of halogens is 1. The molecule has 1 N–H and O–H groups in total. The second-order valence-electron chi connectivity index (χ2n) is 5.99. The van der Waals surface area contributed by atoms with Crippen molar-refractivity contribution in [2.75, 3.05) is 20.2 Å². The molecule has 1 unspecified atom stereocenters. The van der Waals surface area contributed by atoms with Gasteiger partial charge in [0.2, 0.25) is 5.88 Å². The van der Waals surface area contributed by atoms with Gasteiger partial charge in [-0.1, -0.05) is 12.1 Å². The molecule has 2 heterocycles. The molecule has 1 aromatic carbocycles. The highest BCUT2D eigenvalue weighted by molar-refractivity contribution is 5.74. The number of nitrogens with one attached hydrogen (secondary N) is 1. The molecule has 138 valence electrons. The summed E-state index contributed by atoms with van der Waals surface area (Å²) < 4.78 is 23.8. The number of nitrogens with zero attached hydrogens (tertiary/aromatic N) is 3. The minimum Gasteiger partial charge on any atom is -0.472 e. The molecule has 1 atom stereocenters. The first kappa shape index (κ1) is 17.9. The smallest absolute Gasteiger partial charge is 0.319 e. The highest BCUT2D eigenvalue weighted by Crippen LogP contribution is 2.18. The Morgan fingerprint density at radius 2 is 2.15 bits per heavy atom. The van der Waals surface area contributed by atoms with Crippen LogP contribution in [0.1, 0.15) is 18.4 Å². The molecule has 1 fully saturated rings. The van der Waals surface area contributed by atoms with Gasteiger partial charge in [0.1, 0.15) is 11.9 Å². The average Bonchev–Trinajstić information content (AvgIpc) is 2.67. The maximum Gasteiger partial charge on any atom is 0.319 e. The number of rotatable bonds is 5. The summed E-state index contributed by atoms with van der Waals surface area (Å²) in [5.74, 6) is 0.132. The largest absolute Gasteiger partial charge is 0.472 e. The van der Waals surface area contributed by atoms with Gasteiger partial charge in [-0.25, -0.2) is 14.2 Å². The van der Waals surface area contributed by atoms with Crippen LogP contribution in [0.3, 0.4) is 0 Å². The summed E-state index contributed by atoms with van der Waals surface area (Å²) in [7, 11) is 1.49. The summed E-state index contributed by atoms with van der Waals surface area (Å²) >= 11 is 0. The minimum atomic E-state index is -0.294. The first-order chi connectivity index (χ1) is 12.6. The lowest BCUT2D eigenvalue weighted by atomic mass is 10.1. The predicted octanol–water partition coefficient (Wildman–Crippen LogP) is 2.38. The summed E-state index contributed by atoms with van der Waals surface area (Å²) in [6, 6.07) is 7.80. The van der Waals surface area contributed by atoms with Gasteiger partial charge >= 0.3 is 12.0 Å². The van der Waals surface area contributed by atoms with Crippen LogP contribution in [-0.2, 0) is 6.54 Å². The zero-order chi connectivity index (χ0) is 18.4. The van der Waals surface area contributed by atoms with Crippen LogP contribution >= 0.6 is 0 Å². The minimum absolute atomic E-state index is 0.139. The van der Waals surface area contributed by atoms with Crippen molar-refractivity contribution >= 4 is 6.03 Å². The number of aromatic nitrogens is 2. The van der Waals surface area contributed by atoms with Crippen molar-refractivity contribution in [1.29, 1.82) is 0 Å². The van der Waals surface area contributed by atoms with Crippen LogP contribution in [0, 0.1) is 5.82 Å². The Bertz CT molecular complexity index is 741. The zero-order valence-corrected chi connectivity index (χ0v) is 14.5. The monoisotopic (exact) mass is 360 g/mol. The van der Waals surface area contributed by atoms with E-state index in [1.54, 1.807) is 29.3 Å². The van der Waals surface area contributed by atoms with E-state index in [2.05, 4.69) is 15.3 Å². The number of amides is 2. The van der Waals surface area contributed by atoms with E-state index in [0.717, 1.165) is 18.4 Å². The van der Waals surface area contributed by atoms with Crippen LogP contribution in [0.4, 0.5) is 9.18 Å². The number of carbonyl (C=O) groups is 1. The van der Waals surface area contributed by atoms with Crippen LogP contribution in [0.25, 0.3) is 0 Å². The van der Waals surface area contributed by atoms with Crippen molar-refractivity contribution in [3.8, 4) is 11.9 Å². The first-order valence-corrected chi connectivity index (χ1v) is 8.45. The van der Waals surface area contributed by atoms with E-state index in [1.807, 2.05) is 0 Å². The molecule has 3 rings (SSSR count). The van der Waals surface area contributed by atoms with Crippen molar-refractivity contribution in [2.24, 2.45) is 0 Å². The maximum atomic E-state index is 12.9. The quantitative estimate of drug-likeness (QED) is 0.886. The van der Waals surface area contributed by atoms with Crippen LogP contribution in [0.5, 0.6) is 11.9 Å². The van der Waals surface area contributed by atoms with Gasteiger partial charge < -0.3 is 19.7 Å². The standard InChI is InChI=1S/C18H21FN4O3/c1-25-17-20-9-8-16(22-17)26-15-3-2-10-23(12-15)18(24)21-11-13-4-6-14(19)7-5-13/h4-9,15H,2-3,10-12H2,1H3,(H,21,24). The molecule has 0 bridgehead atoms. The Morgan fingerprint density at radius 3 is 2.92 bits per heavy atom. The Kier molecular flexibility index (Phi) is 5.83. The molecule has 1 aliphatic rings. The fourth-order valence-corrected chi connectivity index (χ4v) is 2.77. The van der Waals surface area contributed by atoms with E-state index in [9.17, 15) is 9.18 Å². The number of benzene rings is 1. The highest BCUT2D eigenvalue weighted by atomic mass is 19.1. The maximum absolute atomic E-state index is 12.9. The van der Waals surface area contributed by atoms with Gasteiger partial charge in [0.15, 0.2) is 0 Å². The number of hydrogen-bond donors (Lipinski definition) is 1. The van der Waals surface area contributed by atoms with Crippen molar-refractivity contribution < 1.29 is 18.7 Å². The molecule has 1 aromatic heterocycles. The van der Waals surface area contributed by atoms with Crippen LogP contribution in [0.15, 0.2) is 36.5 Å². The van der Waals surface area contributed by atoms with Crippen LogP contribution in [-0.4, -0.2) is 47.2 Å². The molecular formula is C18H21FN4O3. The van der Waals surface area contributed by atoms with E-state index in [-0.39, 0.29) is 24.0 Å². The van der Waals surface area contributed by atoms with Crippen molar-refractivity contribution in [3.63, 3.8) is 0 Å². The molecule has 1 aliphatic heterocycles. The summed E-state index contributed by atoms with van der Waals surface area (Å²) in [5.41, 5.74) is 0.845. The zero-order valence-electron chi connectivity index (χ0n) is 14.5. The third kappa shape index (κ3) is 4.81. The van der Waals surface area contributed by atoms with E-state index in [4.69, 9.17) is 9.47 Å². The molecule has 8 heteroatoms. The number of methoxy groups -OCH3 is 1. The Hall–Kier alpha value is -2.90. The van der Waals surface area contributed by atoms with Crippen molar-refractivity contribution in [1.82, 2.24) is 20.2 Å². The molecular weight excluding hydrogens is 339 g/mol. The average molecular weight is 360 g/mol. The van der Waals surface area contributed by atoms with Gasteiger partial charge in [-0.15, -0.1) is 0 Å². The summed E-state index contributed by atoms with van der Waals surface area (Å²) in [5, 5.41) is 2.85. The van der Waals surface area contributed by atoms with Gasteiger partial charge in [-0.05, 0) is 30.5 Å². The van der Waals surface area contributed by atoms with Gasteiger partial charge in [-0.2, -0.15) is 4.98 Å². The molecule has 0 radical (unpaired) electrons. The topological polar surface area (TPSA) is 76.6 Å². The van der Waals surface area contributed by atoms with Gasteiger partial charge in [0.25, 0.3) is 0 Å². The van der Waals surface area contributed by atoms with Crippen LogP contribution < -0.4 is 14.8 Å². The second-order valence-corrected chi connectivity index (χ2v) is 5.99. The number of hydrogen-bond acceptors (Lipinski definition) is 5. The van der Waals surface area contributed by atoms with Gasteiger partial charge in [0, 0.05) is 25.4 Å². The van der Waals surface area contributed by atoms with E-state index in [0.29, 0.717) is 25.5 Å². The number of carbonyl (C=O) groups excluding carboxylic acids is 1. The number of likely N-dealkylation sites (tertiary alicyclic amines) is 1. The molecule has 26 heavy (non-hydrogen) atoms. The summed E-state index contributed by atoms with van der Waals surface area (Å²) in [4.78, 5) is 22.2. The van der Waals surface area contributed by atoms with Crippen molar-refractivity contribution in [3.05, 3.63) is 47.9 Å². The van der Waals surface area contributed by atoms with Gasteiger partial charge in [0.05, 0.1) is 13.7 Å². The molecule has 0 spiro atoms. The van der Waals surface area contributed by atoms with E-state index in [1.165, 1.54) is 19.2 Å². The predicted molar refractivity (Wildman–Crippen MR) is 92.4 cm³/mol. The van der Waals surface area contributed by atoms with Crippen LogP contribution in [0.2, 0.25) is 0 Å². The van der Waals surface area contributed by atoms with E-state index < -0.39 is 0 Å². The lowest BCUT2D eigenvalue weighted by molar-refractivity contribution is 0.0969. The second kappa shape index (κ2) is 8.46. The van der Waals surface area contributed by atoms with Crippen molar-refractivity contribution in [2.45, 2.75) is 25.5 Å². The number of urea groups is 1. The SMILES string of the molecule is COc1nccc(OC2CCCN(C(=O)NCc3ccc(F)cc3)C2)n1. The molecule has 7 nitrogen and oxygen atoms in total.